The van der Waals surface area contributed by atoms with Crippen LogP contribution in [0.2, 0.25) is 0 Å². The van der Waals surface area contributed by atoms with Crippen LogP contribution in [0.5, 0.6) is 0 Å². The zero-order valence-electron chi connectivity index (χ0n) is 64.4. The van der Waals surface area contributed by atoms with Crippen molar-refractivity contribution in [3.05, 3.63) is 134 Å². The molecular weight excluding hydrogens is 1330 g/mol. The van der Waals surface area contributed by atoms with Gasteiger partial charge in [-0.2, -0.15) is 0 Å². The van der Waals surface area contributed by atoms with Gasteiger partial charge in [0.15, 0.2) is 18.9 Å². The van der Waals surface area contributed by atoms with Gasteiger partial charge in [-0.3, -0.25) is 4.79 Å². The van der Waals surface area contributed by atoms with E-state index in [9.17, 15) is 61.0 Å². The van der Waals surface area contributed by atoms with Crippen molar-refractivity contribution in [1.82, 2.24) is 5.32 Å². The topological polar surface area (TPSA) is 307 Å². The molecule has 0 saturated carbocycles. The Kier molecular flexibility index (Phi) is 58.6. The second-order valence-corrected chi connectivity index (χ2v) is 28.5. The Morgan fingerprint density at radius 2 is 0.667 bits per heavy atom. The summed E-state index contributed by atoms with van der Waals surface area (Å²) < 4.78 is 34.4. The number of amides is 1. The van der Waals surface area contributed by atoms with Crippen molar-refractivity contribution >= 4 is 5.91 Å². The van der Waals surface area contributed by atoms with Crippen molar-refractivity contribution in [2.75, 3.05) is 26.4 Å². The number of aliphatic hydroxyl groups excluding tert-OH is 11. The second kappa shape index (κ2) is 64.7. The molecule has 1 amide bonds. The molecule has 19 heteroatoms. The Bertz CT molecular complexity index is 2420. The van der Waals surface area contributed by atoms with E-state index in [1.807, 2.05) is 6.08 Å². The molecule has 0 bridgehead atoms. The monoisotopic (exact) mass is 1480 g/mol. The predicted molar refractivity (Wildman–Crippen MR) is 419 cm³/mol. The minimum Gasteiger partial charge on any atom is -0.394 e. The van der Waals surface area contributed by atoms with Gasteiger partial charge in [0.2, 0.25) is 5.91 Å². The molecule has 3 heterocycles. The van der Waals surface area contributed by atoms with Gasteiger partial charge in [-0.15, -0.1) is 0 Å². The van der Waals surface area contributed by atoms with E-state index in [-0.39, 0.29) is 12.3 Å². The van der Waals surface area contributed by atoms with Gasteiger partial charge in [-0.05, 0) is 109 Å². The van der Waals surface area contributed by atoms with Crippen LogP contribution < -0.4 is 5.32 Å². The lowest BCUT2D eigenvalue weighted by Crippen LogP contribution is -2.66. The number of hydrogen-bond acceptors (Lipinski definition) is 18. The van der Waals surface area contributed by atoms with Gasteiger partial charge in [-0.25, -0.2) is 0 Å². The molecule has 3 saturated heterocycles. The van der Waals surface area contributed by atoms with Gasteiger partial charge in [0, 0.05) is 6.42 Å². The van der Waals surface area contributed by atoms with Crippen LogP contribution in [0.3, 0.4) is 0 Å². The lowest BCUT2D eigenvalue weighted by Gasteiger charge is -2.48. The highest BCUT2D eigenvalue weighted by atomic mass is 16.8. The summed E-state index contributed by atoms with van der Waals surface area (Å²) in [7, 11) is 0. The van der Waals surface area contributed by atoms with Crippen LogP contribution in [0.1, 0.15) is 271 Å². The minimum atomic E-state index is -2.00. The highest BCUT2D eigenvalue weighted by Crippen LogP contribution is 2.33. The van der Waals surface area contributed by atoms with Crippen LogP contribution in [0.4, 0.5) is 0 Å². The smallest absolute Gasteiger partial charge is 0.220 e. The molecule has 3 fully saturated rings. The summed E-state index contributed by atoms with van der Waals surface area (Å²) in [5.74, 6) is -0.336. The average Bonchev–Trinajstić information content (AvgIpc) is 0.781. The zero-order valence-corrected chi connectivity index (χ0v) is 64.4. The summed E-state index contributed by atoms with van der Waals surface area (Å²) >= 11 is 0. The minimum absolute atomic E-state index is 0.167. The van der Waals surface area contributed by atoms with Crippen LogP contribution in [-0.2, 0) is 33.2 Å². The molecule has 17 unspecified atom stereocenters. The molecule has 3 rings (SSSR count). The standard InChI is InChI=1S/C86H145NO18/c1-3-5-7-9-11-13-15-17-19-21-23-25-27-29-31-32-33-34-35-36-38-39-41-43-45-47-49-51-53-55-57-59-61-63-70(91)69(87-74(92)64-62-60-58-56-54-52-50-48-46-44-42-40-37-30-28-26-24-22-20-18-16-14-12-10-8-6-4-2)68-100-84-80(98)77(95)82(72(66-89)102-84)105-86-81(99)78(96)83(73(67-90)103-86)104-85-79(97)76(94)75(93)71(65-88)101-85/h6,8,12,14,18,20,24,26,30,37,42,44-45,47-48,50,53-56,61,63,69-73,75-86,88-91,93-99H,3-5,7,9-11,13,15-17,19,21-23,25,27-29,31-36,38-41,43,46,49,51-52,57-60,62,64-68H2,1-2H3,(H,87,92)/b8-6-,14-12-,20-18-,26-24-,37-30-,44-42-,47-45+,50-48-,55-53+,56-54-,63-61+. The van der Waals surface area contributed by atoms with Crippen molar-refractivity contribution in [3.63, 3.8) is 0 Å². The normalized spacial score (nSPS) is 26.5. The number of carbonyl (C=O) groups is 1. The molecule has 17 atom stereocenters. The van der Waals surface area contributed by atoms with Crippen LogP contribution in [0.15, 0.2) is 134 Å². The third-order valence-electron chi connectivity index (χ3n) is 19.4. The third-order valence-corrected chi connectivity index (χ3v) is 19.4. The SMILES string of the molecule is CC/C=C\C/C=C\C/C=C\C/C=C\C/C=C\C/C=C\C/C=C\C/C=C\CCCCC(=O)NC(COC1OC(CO)C(OC2OC(CO)C(OC3OC(CO)C(O)C(O)C3O)C(O)C2O)C(O)C1O)C(O)/C=C/CC/C=C/CC/C=C/CCCCCCCCCCCCCCCCCCCCCCCCC. The number of nitrogens with one attached hydrogen (secondary N) is 1. The van der Waals surface area contributed by atoms with E-state index < -0.39 is 131 Å². The Morgan fingerprint density at radius 3 is 1.07 bits per heavy atom. The molecule has 602 valence electrons. The van der Waals surface area contributed by atoms with Crippen molar-refractivity contribution in [2.45, 2.75) is 375 Å². The maximum absolute atomic E-state index is 13.5. The van der Waals surface area contributed by atoms with Crippen molar-refractivity contribution in [1.29, 1.82) is 0 Å². The molecule has 12 N–H and O–H groups in total. The van der Waals surface area contributed by atoms with Gasteiger partial charge in [0.25, 0.3) is 0 Å². The summed E-state index contributed by atoms with van der Waals surface area (Å²) in [4.78, 5) is 13.5. The number of carbonyl (C=O) groups excluding carboxylic acids is 1. The van der Waals surface area contributed by atoms with E-state index in [0.717, 1.165) is 89.9 Å². The van der Waals surface area contributed by atoms with E-state index in [1.54, 1.807) is 6.08 Å². The van der Waals surface area contributed by atoms with Crippen molar-refractivity contribution in [3.8, 4) is 0 Å². The predicted octanol–water partition coefficient (Wildman–Crippen LogP) is 14.1. The Hall–Kier alpha value is -4.07. The fourth-order valence-corrected chi connectivity index (χ4v) is 12.9. The zero-order chi connectivity index (χ0) is 76.0. The fraction of sp³-hybridized carbons (Fsp3) is 0.733. The first-order chi connectivity index (χ1) is 51.3. The lowest BCUT2D eigenvalue weighted by atomic mass is 9.96. The Balaban J connectivity index is 1.41. The highest BCUT2D eigenvalue weighted by Gasteiger charge is 2.54. The van der Waals surface area contributed by atoms with E-state index in [1.165, 1.54) is 148 Å². The van der Waals surface area contributed by atoms with Crippen LogP contribution in [-0.4, -0.2) is 193 Å². The van der Waals surface area contributed by atoms with Crippen molar-refractivity contribution < 1.29 is 89.4 Å². The summed E-state index contributed by atoms with van der Waals surface area (Å²) in [6, 6.07) is -1.03. The first kappa shape index (κ1) is 95.1. The number of ether oxygens (including phenoxy) is 6. The molecule has 0 aromatic rings. The molecule has 0 radical (unpaired) electrons. The summed E-state index contributed by atoms with van der Waals surface area (Å²) in [6.07, 6.45) is 65.9. The number of rotatable bonds is 63. The maximum Gasteiger partial charge on any atom is 0.220 e. The molecule has 0 spiro atoms. The average molecular weight is 1480 g/mol. The van der Waals surface area contributed by atoms with E-state index in [4.69, 9.17) is 28.4 Å². The molecule has 0 aromatic carbocycles. The number of hydrogen-bond donors (Lipinski definition) is 12. The summed E-state index contributed by atoms with van der Waals surface area (Å²) in [5, 5.41) is 121. The van der Waals surface area contributed by atoms with Crippen LogP contribution >= 0.6 is 0 Å². The van der Waals surface area contributed by atoms with Gasteiger partial charge < -0.3 is 89.9 Å². The van der Waals surface area contributed by atoms with E-state index >= 15 is 0 Å². The quantitative estimate of drug-likeness (QED) is 0.0199. The summed E-state index contributed by atoms with van der Waals surface area (Å²) in [6.45, 7) is 1.57. The molecular formula is C86H145NO18. The molecule has 0 aliphatic carbocycles. The second-order valence-electron chi connectivity index (χ2n) is 28.5. The largest absolute Gasteiger partial charge is 0.394 e. The van der Waals surface area contributed by atoms with E-state index in [2.05, 4.69) is 141 Å². The summed E-state index contributed by atoms with van der Waals surface area (Å²) in [5.41, 5.74) is 0. The van der Waals surface area contributed by atoms with E-state index in [0.29, 0.717) is 12.8 Å². The molecule has 105 heavy (non-hydrogen) atoms. The Labute approximate surface area is 632 Å². The lowest BCUT2D eigenvalue weighted by molar-refractivity contribution is -0.379. The van der Waals surface area contributed by atoms with Crippen molar-refractivity contribution in [2.24, 2.45) is 0 Å². The molecule has 3 aliphatic rings. The number of aliphatic hydroxyl groups is 11. The first-order valence-electron chi connectivity index (χ1n) is 40.9. The van der Waals surface area contributed by atoms with Gasteiger partial charge in [0.05, 0.1) is 38.6 Å². The van der Waals surface area contributed by atoms with Crippen LogP contribution in [0, 0.1) is 0 Å². The first-order valence-corrected chi connectivity index (χ1v) is 40.9. The molecule has 0 aromatic heterocycles. The molecule has 3 aliphatic heterocycles. The van der Waals surface area contributed by atoms with Gasteiger partial charge in [-0.1, -0.05) is 289 Å². The number of allylic oxidation sites excluding steroid dienone is 21. The highest BCUT2D eigenvalue weighted by molar-refractivity contribution is 5.76. The number of unbranched alkanes of at least 4 members (excludes halogenated alkanes) is 27. The third kappa shape index (κ3) is 44.4. The van der Waals surface area contributed by atoms with Crippen LogP contribution in [0.25, 0.3) is 0 Å². The van der Waals surface area contributed by atoms with Gasteiger partial charge in [0.1, 0.15) is 73.2 Å². The Morgan fingerprint density at radius 1 is 0.352 bits per heavy atom. The maximum atomic E-state index is 13.5. The molecule has 19 nitrogen and oxygen atoms in total. The van der Waals surface area contributed by atoms with Gasteiger partial charge >= 0.3 is 0 Å². The fourth-order valence-electron chi connectivity index (χ4n) is 12.9.